The Hall–Kier alpha value is -1.69. The molecule has 0 N–H and O–H groups in total. The summed E-state index contributed by atoms with van der Waals surface area (Å²) in [6.45, 7) is 5.28. The molecule has 0 unspecified atom stereocenters. The molecule has 0 aliphatic heterocycles. The first kappa shape index (κ1) is 14.7. The van der Waals surface area contributed by atoms with Crippen molar-refractivity contribution in [3.63, 3.8) is 0 Å². The summed E-state index contributed by atoms with van der Waals surface area (Å²) in [5.74, 6) is -0.169. The Morgan fingerprint density at radius 1 is 1.45 bits per heavy atom. The molecule has 0 spiro atoms. The first-order chi connectivity index (χ1) is 9.72. The normalized spacial score (nSPS) is 10.7. The third-order valence-electron chi connectivity index (χ3n) is 2.78. The smallest absolute Gasteiger partial charge is 0.306 e. The largest absolute Gasteiger partial charge is 0.466 e. The van der Waals surface area contributed by atoms with Crippen molar-refractivity contribution in [3.05, 3.63) is 23.5 Å². The van der Waals surface area contributed by atoms with E-state index in [1.54, 1.807) is 11.3 Å². The van der Waals surface area contributed by atoms with E-state index in [0.29, 0.717) is 19.4 Å². The zero-order chi connectivity index (χ0) is 14.4. The summed E-state index contributed by atoms with van der Waals surface area (Å²) < 4.78 is 6.83. The number of rotatable bonds is 7. The molecule has 0 atom stereocenters. The second-order valence-corrected chi connectivity index (χ2v) is 5.30. The number of hydrogen-bond acceptors (Lipinski definition) is 5. The standard InChI is InChI=1S/C14H19N3O2S/c1-3-7-17-9-11(8-15-17)14-16-12(10-20-14)5-6-13(18)19-4-2/h8-10H,3-7H2,1-2H3. The number of carbonyl (C=O) groups is 1. The second-order valence-electron chi connectivity index (χ2n) is 4.44. The van der Waals surface area contributed by atoms with E-state index in [-0.39, 0.29) is 5.97 Å². The lowest BCUT2D eigenvalue weighted by molar-refractivity contribution is -0.143. The number of aryl methyl sites for hydroxylation is 2. The summed E-state index contributed by atoms with van der Waals surface area (Å²) in [7, 11) is 0. The highest BCUT2D eigenvalue weighted by Crippen LogP contribution is 2.23. The van der Waals surface area contributed by atoms with Gasteiger partial charge in [0, 0.05) is 30.1 Å². The summed E-state index contributed by atoms with van der Waals surface area (Å²) in [4.78, 5) is 15.9. The lowest BCUT2D eigenvalue weighted by Crippen LogP contribution is -2.05. The van der Waals surface area contributed by atoms with E-state index in [2.05, 4.69) is 17.0 Å². The fourth-order valence-electron chi connectivity index (χ4n) is 1.84. The summed E-state index contributed by atoms with van der Waals surface area (Å²) in [5.41, 5.74) is 1.96. The van der Waals surface area contributed by atoms with Gasteiger partial charge in [-0.05, 0) is 13.3 Å². The maximum absolute atomic E-state index is 11.3. The van der Waals surface area contributed by atoms with Gasteiger partial charge in [0.15, 0.2) is 0 Å². The van der Waals surface area contributed by atoms with Gasteiger partial charge >= 0.3 is 5.97 Å². The van der Waals surface area contributed by atoms with Crippen molar-refractivity contribution in [1.82, 2.24) is 14.8 Å². The first-order valence-electron chi connectivity index (χ1n) is 6.85. The highest BCUT2D eigenvalue weighted by Gasteiger charge is 2.09. The van der Waals surface area contributed by atoms with E-state index in [1.165, 1.54) is 0 Å². The molecule has 0 radical (unpaired) electrons. The van der Waals surface area contributed by atoms with Crippen LogP contribution in [0.5, 0.6) is 0 Å². The molecule has 2 heterocycles. The summed E-state index contributed by atoms with van der Waals surface area (Å²) in [5, 5.41) is 7.24. The highest BCUT2D eigenvalue weighted by atomic mass is 32.1. The van der Waals surface area contributed by atoms with Crippen LogP contribution in [0.15, 0.2) is 17.8 Å². The van der Waals surface area contributed by atoms with E-state index in [1.807, 2.05) is 29.4 Å². The van der Waals surface area contributed by atoms with Crippen LogP contribution in [0.25, 0.3) is 10.6 Å². The molecular weight excluding hydrogens is 274 g/mol. The average Bonchev–Trinajstić information content (AvgIpc) is 3.05. The number of aromatic nitrogens is 3. The first-order valence-corrected chi connectivity index (χ1v) is 7.73. The van der Waals surface area contributed by atoms with Crippen molar-refractivity contribution in [3.8, 4) is 10.6 Å². The molecule has 0 fully saturated rings. The van der Waals surface area contributed by atoms with Gasteiger partial charge in [0.1, 0.15) is 5.01 Å². The Balaban J connectivity index is 1.95. The predicted octanol–water partition coefficient (Wildman–Crippen LogP) is 2.91. The van der Waals surface area contributed by atoms with Gasteiger partial charge in [-0.3, -0.25) is 9.48 Å². The van der Waals surface area contributed by atoms with Crippen molar-refractivity contribution in [2.75, 3.05) is 6.61 Å². The van der Waals surface area contributed by atoms with E-state index < -0.39 is 0 Å². The number of hydrogen-bond donors (Lipinski definition) is 0. The number of thiazole rings is 1. The van der Waals surface area contributed by atoms with Crippen LogP contribution < -0.4 is 0 Å². The quantitative estimate of drug-likeness (QED) is 0.737. The number of nitrogens with zero attached hydrogens (tertiary/aromatic N) is 3. The zero-order valence-electron chi connectivity index (χ0n) is 11.8. The predicted molar refractivity (Wildman–Crippen MR) is 78.6 cm³/mol. The van der Waals surface area contributed by atoms with Crippen molar-refractivity contribution >= 4 is 17.3 Å². The van der Waals surface area contributed by atoms with Crippen molar-refractivity contribution in [2.24, 2.45) is 0 Å². The van der Waals surface area contributed by atoms with Crippen LogP contribution in [-0.4, -0.2) is 27.3 Å². The highest BCUT2D eigenvalue weighted by molar-refractivity contribution is 7.13. The lowest BCUT2D eigenvalue weighted by Gasteiger charge is -1.99. The molecule has 0 saturated carbocycles. The minimum Gasteiger partial charge on any atom is -0.466 e. The van der Waals surface area contributed by atoms with Crippen LogP contribution in [0, 0.1) is 0 Å². The molecule has 20 heavy (non-hydrogen) atoms. The minimum absolute atomic E-state index is 0.169. The minimum atomic E-state index is -0.169. The molecule has 0 aliphatic rings. The van der Waals surface area contributed by atoms with E-state index in [0.717, 1.165) is 29.2 Å². The molecule has 108 valence electrons. The van der Waals surface area contributed by atoms with Gasteiger partial charge in [-0.1, -0.05) is 6.92 Å². The topological polar surface area (TPSA) is 57.0 Å². The van der Waals surface area contributed by atoms with Gasteiger partial charge in [-0.2, -0.15) is 5.10 Å². The molecule has 0 aliphatic carbocycles. The van der Waals surface area contributed by atoms with Crippen molar-refractivity contribution < 1.29 is 9.53 Å². The van der Waals surface area contributed by atoms with Crippen LogP contribution in [0.1, 0.15) is 32.4 Å². The molecular formula is C14H19N3O2S. The van der Waals surface area contributed by atoms with E-state index in [9.17, 15) is 4.79 Å². The van der Waals surface area contributed by atoms with Crippen LogP contribution in [0.3, 0.4) is 0 Å². The SMILES string of the molecule is CCCn1cc(-c2nc(CCC(=O)OCC)cs2)cn1. The van der Waals surface area contributed by atoms with Crippen molar-refractivity contribution in [2.45, 2.75) is 39.7 Å². The van der Waals surface area contributed by atoms with Crippen molar-refractivity contribution in [1.29, 1.82) is 0 Å². The maximum Gasteiger partial charge on any atom is 0.306 e. The van der Waals surface area contributed by atoms with Gasteiger partial charge in [0.05, 0.1) is 24.9 Å². The van der Waals surface area contributed by atoms with Gasteiger partial charge in [0.2, 0.25) is 0 Å². The molecule has 0 saturated heterocycles. The summed E-state index contributed by atoms with van der Waals surface area (Å²) >= 11 is 1.58. The van der Waals surface area contributed by atoms with Crippen LogP contribution in [0.2, 0.25) is 0 Å². The maximum atomic E-state index is 11.3. The third-order valence-corrected chi connectivity index (χ3v) is 3.72. The lowest BCUT2D eigenvalue weighted by atomic mass is 10.2. The van der Waals surface area contributed by atoms with Gasteiger partial charge in [-0.15, -0.1) is 11.3 Å². The molecule has 5 nitrogen and oxygen atoms in total. The molecule has 0 aromatic carbocycles. The Labute approximate surface area is 122 Å². The van der Waals surface area contributed by atoms with Gasteiger partial charge in [-0.25, -0.2) is 4.98 Å². The van der Waals surface area contributed by atoms with Gasteiger partial charge < -0.3 is 4.74 Å². The number of carbonyl (C=O) groups excluding carboxylic acids is 1. The Morgan fingerprint density at radius 3 is 3.05 bits per heavy atom. The average molecular weight is 293 g/mol. The fourth-order valence-corrected chi connectivity index (χ4v) is 2.67. The zero-order valence-corrected chi connectivity index (χ0v) is 12.7. The Morgan fingerprint density at radius 2 is 2.30 bits per heavy atom. The van der Waals surface area contributed by atoms with E-state index >= 15 is 0 Å². The Kier molecular flexibility index (Phi) is 5.29. The van der Waals surface area contributed by atoms with Gasteiger partial charge in [0.25, 0.3) is 0 Å². The monoisotopic (exact) mass is 293 g/mol. The van der Waals surface area contributed by atoms with Crippen LogP contribution in [0.4, 0.5) is 0 Å². The fraction of sp³-hybridized carbons (Fsp3) is 0.500. The third kappa shape index (κ3) is 3.90. The molecule has 6 heteroatoms. The van der Waals surface area contributed by atoms with E-state index in [4.69, 9.17) is 4.74 Å². The second kappa shape index (κ2) is 7.19. The molecule has 0 bridgehead atoms. The molecule has 2 rings (SSSR count). The Bertz CT molecular complexity index is 562. The summed E-state index contributed by atoms with van der Waals surface area (Å²) in [6.07, 6.45) is 5.91. The molecule has 0 amide bonds. The van der Waals surface area contributed by atoms with Crippen LogP contribution >= 0.6 is 11.3 Å². The molecule has 2 aromatic rings. The summed E-state index contributed by atoms with van der Waals surface area (Å²) in [6, 6.07) is 0. The number of esters is 1. The number of ether oxygens (including phenoxy) is 1. The van der Waals surface area contributed by atoms with Crippen LogP contribution in [-0.2, 0) is 22.5 Å². The molecule has 2 aromatic heterocycles.